The number of aromatic nitrogens is 3. The van der Waals surface area contributed by atoms with Gasteiger partial charge in [-0.3, -0.25) is 4.79 Å². The molecule has 0 atom stereocenters. The van der Waals surface area contributed by atoms with Crippen LogP contribution >= 0.6 is 0 Å². The third-order valence-electron chi connectivity index (χ3n) is 5.13. The van der Waals surface area contributed by atoms with Crippen LogP contribution in [0.3, 0.4) is 0 Å². The summed E-state index contributed by atoms with van der Waals surface area (Å²) in [4.78, 5) is 17.4. The number of ether oxygens (including phenoxy) is 3. The van der Waals surface area contributed by atoms with E-state index in [0.717, 1.165) is 16.8 Å². The number of carbonyl (C=O) groups excluding carboxylic acids is 1. The zero-order valence-electron chi connectivity index (χ0n) is 18.6. The van der Waals surface area contributed by atoms with Crippen molar-refractivity contribution in [2.75, 3.05) is 21.3 Å². The van der Waals surface area contributed by atoms with Gasteiger partial charge in [0.1, 0.15) is 0 Å². The van der Waals surface area contributed by atoms with Crippen LogP contribution in [0.2, 0.25) is 0 Å². The Balaban J connectivity index is 1.71. The van der Waals surface area contributed by atoms with Crippen molar-refractivity contribution in [2.45, 2.75) is 6.54 Å². The minimum absolute atomic E-state index is 0.249. The van der Waals surface area contributed by atoms with Crippen LogP contribution in [0.4, 0.5) is 0 Å². The van der Waals surface area contributed by atoms with Crippen molar-refractivity contribution < 1.29 is 19.0 Å². The van der Waals surface area contributed by atoms with E-state index in [1.54, 1.807) is 44.3 Å². The average Bonchev–Trinajstić information content (AvgIpc) is 3.33. The second-order valence-corrected chi connectivity index (χ2v) is 7.10. The van der Waals surface area contributed by atoms with Crippen molar-refractivity contribution in [3.8, 4) is 34.2 Å². The first-order chi connectivity index (χ1) is 16.1. The second kappa shape index (κ2) is 9.86. The normalized spacial score (nSPS) is 10.5. The predicted molar refractivity (Wildman–Crippen MR) is 124 cm³/mol. The molecule has 0 saturated carbocycles. The Morgan fingerprint density at radius 3 is 2.45 bits per heavy atom. The molecule has 1 amide bonds. The number of para-hydroxylation sites is 1. The number of hydrogen-bond donors (Lipinski definition) is 1. The number of nitrogens with one attached hydrogen (secondary N) is 1. The predicted octanol–water partition coefficient (Wildman–Crippen LogP) is 3.89. The Kier molecular flexibility index (Phi) is 6.54. The lowest BCUT2D eigenvalue weighted by Crippen LogP contribution is -2.24. The summed E-state index contributed by atoms with van der Waals surface area (Å²) in [6.07, 6.45) is 3.47. The number of rotatable bonds is 8. The van der Waals surface area contributed by atoms with Crippen molar-refractivity contribution >= 4 is 5.91 Å². The van der Waals surface area contributed by atoms with Crippen molar-refractivity contribution in [1.29, 1.82) is 0 Å². The average molecular weight is 444 g/mol. The number of carbonyl (C=O) groups is 1. The van der Waals surface area contributed by atoms with Crippen LogP contribution in [0.25, 0.3) is 16.8 Å². The molecule has 0 aliphatic heterocycles. The van der Waals surface area contributed by atoms with Gasteiger partial charge >= 0.3 is 0 Å². The molecule has 33 heavy (non-hydrogen) atoms. The molecule has 0 aliphatic rings. The van der Waals surface area contributed by atoms with E-state index in [0.29, 0.717) is 22.9 Å². The molecule has 2 heterocycles. The van der Waals surface area contributed by atoms with E-state index < -0.39 is 0 Å². The van der Waals surface area contributed by atoms with E-state index in [2.05, 4.69) is 15.4 Å². The maximum absolute atomic E-state index is 13.2. The van der Waals surface area contributed by atoms with Crippen molar-refractivity contribution in [3.05, 3.63) is 84.3 Å². The molecule has 0 spiro atoms. The number of hydrogen-bond acceptors (Lipinski definition) is 6. The maximum Gasteiger partial charge on any atom is 0.272 e. The molecule has 2 aromatic heterocycles. The summed E-state index contributed by atoms with van der Waals surface area (Å²) in [5, 5.41) is 7.52. The zero-order valence-corrected chi connectivity index (χ0v) is 18.6. The molecule has 4 aromatic rings. The van der Waals surface area contributed by atoms with Gasteiger partial charge < -0.3 is 19.5 Å². The molecule has 0 aliphatic carbocycles. The number of methoxy groups -OCH3 is 3. The number of pyridine rings is 1. The van der Waals surface area contributed by atoms with Crippen LogP contribution in [0.1, 0.15) is 16.1 Å². The molecule has 8 nitrogen and oxygen atoms in total. The third-order valence-corrected chi connectivity index (χ3v) is 5.13. The molecule has 0 saturated heterocycles. The lowest BCUT2D eigenvalue weighted by Gasteiger charge is -2.10. The van der Waals surface area contributed by atoms with E-state index in [9.17, 15) is 4.79 Å². The minimum atomic E-state index is -0.319. The van der Waals surface area contributed by atoms with E-state index in [4.69, 9.17) is 14.2 Å². The first kappa shape index (κ1) is 21.9. The topological polar surface area (TPSA) is 87.5 Å². The van der Waals surface area contributed by atoms with Crippen LogP contribution in [-0.4, -0.2) is 42.0 Å². The lowest BCUT2D eigenvalue weighted by atomic mass is 10.1. The molecule has 4 rings (SSSR count). The van der Waals surface area contributed by atoms with Crippen molar-refractivity contribution in [3.63, 3.8) is 0 Å². The van der Waals surface area contributed by atoms with Crippen LogP contribution in [0.15, 0.2) is 73.1 Å². The van der Waals surface area contributed by atoms with E-state index in [-0.39, 0.29) is 18.1 Å². The lowest BCUT2D eigenvalue weighted by molar-refractivity contribution is 0.0946. The molecule has 0 fully saturated rings. The van der Waals surface area contributed by atoms with Gasteiger partial charge in [0.25, 0.3) is 5.91 Å². The van der Waals surface area contributed by atoms with Gasteiger partial charge in [-0.15, -0.1) is 0 Å². The monoisotopic (exact) mass is 444 g/mol. The smallest absolute Gasteiger partial charge is 0.272 e. The fraction of sp³-hybridized carbons (Fsp3) is 0.160. The maximum atomic E-state index is 13.2. The third kappa shape index (κ3) is 4.64. The number of amides is 1. The van der Waals surface area contributed by atoms with Gasteiger partial charge in [0.15, 0.2) is 17.2 Å². The minimum Gasteiger partial charge on any atom is -0.493 e. The fourth-order valence-corrected chi connectivity index (χ4v) is 3.47. The van der Waals surface area contributed by atoms with Crippen molar-refractivity contribution in [2.24, 2.45) is 0 Å². The first-order valence-electron chi connectivity index (χ1n) is 10.3. The molecule has 168 valence electrons. The summed E-state index contributed by atoms with van der Waals surface area (Å²) in [5.74, 6) is 1.31. The highest BCUT2D eigenvalue weighted by atomic mass is 16.5. The second-order valence-electron chi connectivity index (χ2n) is 7.10. The molecular weight excluding hydrogens is 420 g/mol. The fourth-order valence-electron chi connectivity index (χ4n) is 3.47. The van der Waals surface area contributed by atoms with Crippen LogP contribution in [-0.2, 0) is 6.54 Å². The Morgan fingerprint density at radius 2 is 1.73 bits per heavy atom. The van der Waals surface area contributed by atoms with Gasteiger partial charge in [-0.2, -0.15) is 5.10 Å². The number of benzene rings is 2. The van der Waals surface area contributed by atoms with Crippen LogP contribution < -0.4 is 19.5 Å². The molecule has 2 aromatic carbocycles. The van der Waals surface area contributed by atoms with Gasteiger partial charge in [-0.25, -0.2) is 9.67 Å². The van der Waals surface area contributed by atoms with E-state index in [1.807, 2.05) is 54.7 Å². The highest BCUT2D eigenvalue weighted by molar-refractivity contribution is 5.99. The molecular formula is C25H24N4O4. The first-order valence-corrected chi connectivity index (χ1v) is 10.3. The van der Waals surface area contributed by atoms with Gasteiger partial charge in [-0.1, -0.05) is 30.3 Å². The zero-order chi connectivity index (χ0) is 23.2. The summed E-state index contributed by atoms with van der Waals surface area (Å²) in [5.41, 5.74) is 3.33. The Bertz CT molecular complexity index is 1250. The molecule has 0 bridgehead atoms. The highest BCUT2D eigenvalue weighted by Crippen LogP contribution is 2.34. The number of nitrogens with zero attached hydrogens (tertiary/aromatic N) is 3. The van der Waals surface area contributed by atoms with E-state index in [1.165, 1.54) is 0 Å². The van der Waals surface area contributed by atoms with Gasteiger partial charge in [0, 0.05) is 30.1 Å². The molecule has 0 unspecified atom stereocenters. The van der Waals surface area contributed by atoms with Crippen LogP contribution in [0.5, 0.6) is 17.4 Å². The Labute approximate surface area is 191 Å². The Hall–Kier alpha value is -4.33. The summed E-state index contributed by atoms with van der Waals surface area (Å²) in [6, 6.07) is 18.8. The SMILES string of the molecule is COc1ccc(-c2cn(-c3ccccc3)nc2C(=O)NCc2cccnc2OC)cc1OC. The summed E-state index contributed by atoms with van der Waals surface area (Å²) in [6.45, 7) is 0.249. The highest BCUT2D eigenvalue weighted by Gasteiger charge is 2.20. The quantitative estimate of drug-likeness (QED) is 0.444. The standard InChI is InChI=1S/C25H24N4O4/c1-31-21-12-11-17(14-22(21)32-2)20-16-29(19-9-5-4-6-10-19)28-23(20)24(30)27-15-18-8-7-13-26-25(18)33-3/h4-14,16H,15H2,1-3H3,(H,27,30). The Morgan fingerprint density at radius 1 is 0.939 bits per heavy atom. The van der Waals surface area contributed by atoms with Gasteiger partial charge in [0.05, 0.1) is 27.0 Å². The van der Waals surface area contributed by atoms with Gasteiger partial charge in [0.2, 0.25) is 5.88 Å². The molecule has 8 heteroatoms. The van der Waals surface area contributed by atoms with Crippen molar-refractivity contribution in [1.82, 2.24) is 20.1 Å². The molecule has 1 N–H and O–H groups in total. The van der Waals surface area contributed by atoms with E-state index >= 15 is 0 Å². The summed E-state index contributed by atoms with van der Waals surface area (Å²) < 4.78 is 17.8. The van der Waals surface area contributed by atoms with Crippen LogP contribution in [0, 0.1) is 0 Å². The largest absolute Gasteiger partial charge is 0.493 e. The summed E-state index contributed by atoms with van der Waals surface area (Å²) >= 11 is 0. The summed E-state index contributed by atoms with van der Waals surface area (Å²) in [7, 11) is 4.70. The van der Waals surface area contributed by atoms with Gasteiger partial charge in [-0.05, 0) is 35.9 Å². The molecule has 0 radical (unpaired) electrons.